The van der Waals surface area contributed by atoms with E-state index in [2.05, 4.69) is 15.9 Å². The fourth-order valence-electron chi connectivity index (χ4n) is 2.93. The lowest BCUT2D eigenvalue weighted by Crippen LogP contribution is -2.61. The maximum atomic E-state index is 11.8. The van der Waals surface area contributed by atoms with E-state index in [1.165, 1.54) is 39.5 Å². The number of carbonyl (C=O) groups is 4. The average Bonchev–Trinajstić information content (AvgIpc) is 2.65. The van der Waals surface area contributed by atoms with E-state index in [1.54, 1.807) is 0 Å². The molecule has 1 aromatic carbocycles. The number of thioether (sulfide) groups is 1. The van der Waals surface area contributed by atoms with E-state index in [-0.39, 0.29) is 6.61 Å². The van der Waals surface area contributed by atoms with Gasteiger partial charge in [-0.05, 0) is 24.3 Å². The fourth-order valence-corrected chi connectivity index (χ4v) is 4.30. The highest BCUT2D eigenvalue weighted by atomic mass is 79.9. The number of carbonyl (C=O) groups excluding carboxylic acids is 4. The number of hydrogen-bond acceptors (Lipinski definition) is 10. The minimum absolute atomic E-state index is 0.255. The summed E-state index contributed by atoms with van der Waals surface area (Å²) in [6, 6.07) is 7.30. The summed E-state index contributed by atoms with van der Waals surface area (Å²) in [5, 5.41) is 0. The molecule has 0 amide bonds. The Bertz CT molecular complexity index is 813. The van der Waals surface area contributed by atoms with Gasteiger partial charge in [-0.2, -0.15) is 0 Å². The summed E-state index contributed by atoms with van der Waals surface area (Å²) in [5.41, 5.74) is -0.846. The predicted molar refractivity (Wildman–Crippen MR) is 112 cm³/mol. The minimum Gasteiger partial charge on any atom is -0.463 e. The lowest BCUT2D eigenvalue weighted by atomic mass is 9.99. The first kappa shape index (κ1) is 25.2. The van der Waals surface area contributed by atoms with Crippen LogP contribution in [0.4, 0.5) is 0 Å². The topological polar surface area (TPSA) is 114 Å². The summed E-state index contributed by atoms with van der Waals surface area (Å²) in [4.78, 5) is 47.4. The van der Waals surface area contributed by atoms with E-state index in [4.69, 9.17) is 23.7 Å². The van der Waals surface area contributed by atoms with Gasteiger partial charge in [-0.25, -0.2) is 0 Å². The summed E-state index contributed by atoms with van der Waals surface area (Å²) >= 11 is 4.58. The molecule has 1 aromatic rings. The molecule has 9 nitrogen and oxygen atoms in total. The number of benzene rings is 1. The molecule has 0 spiro atoms. The van der Waals surface area contributed by atoms with E-state index < -0.39 is 53.7 Å². The van der Waals surface area contributed by atoms with Gasteiger partial charge >= 0.3 is 23.9 Å². The van der Waals surface area contributed by atoms with Gasteiger partial charge in [0.15, 0.2) is 18.3 Å². The first-order chi connectivity index (χ1) is 14.6. The largest absolute Gasteiger partial charge is 0.463 e. The highest BCUT2D eigenvalue weighted by molar-refractivity contribution is 9.10. The van der Waals surface area contributed by atoms with Crippen molar-refractivity contribution in [3.63, 3.8) is 0 Å². The number of esters is 4. The van der Waals surface area contributed by atoms with Crippen LogP contribution in [0.2, 0.25) is 0 Å². The van der Waals surface area contributed by atoms with Crippen LogP contribution >= 0.6 is 27.7 Å². The van der Waals surface area contributed by atoms with Crippen molar-refractivity contribution in [2.24, 2.45) is 0 Å². The summed E-state index contributed by atoms with van der Waals surface area (Å²) in [6.45, 7) is 4.54. The van der Waals surface area contributed by atoms with Crippen LogP contribution in [0, 0.1) is 0 Å². The Kier molecular flexibility index (Phi) is 9.32. The van der Waals surface area contributed by atoms with Crippen LogP contribution in [0.25, 0.3) is 0 Å². The Morgan fingerprint density at radius 1 is 0.839 bits per heavy atom. The lowest BCUT2D eigenvalue weighted by Gasteiger charge is -2.44. The third-order valence-corrected chi connectivity index (χ3v) is 5.70. The maximum Gasteiger partial charge on any atom is 0.303 e. The number of rotatable bonds is 7. The molecule has 11 heteroatoms. The molecule has 0 aliphatic carbocycles. The van der Waals surface area contributed by atoms with Gasteiger partial charge in [-0.15, -0.1) is 0 Å². The summed E-state index contributed by atoms with van der Waals surface area (Å²) < 4.78 is 28.1. The second-order valence-corrected chi connectivity index (χ2v) is 8.73. The van der Waals surface area contributed by atoms with Crippen LogP contribution in [-0.2, 0) is 42.9 Å². The number of halogens is 1. The third-order valence-electron chi connectivity index (χ3n) is 4.01. The van der Waals surface area contributed by atoms with Crippen LogP contribution in [0.5, 0.6) is 0 Å². The van der Waals surface area contributed by atoms with Gasteiger partial charge in [0.1, 0.15) is 18.1 Å². The monoisotopic (exact) mass is 518 g/mol. The van der Waals surface area contributed by atoms with Crippen LogP contribution in [0.1, 0.15) is 27.7 Å². The molecule has 1 aliphatic heterocycles. The second-order valence-electron chi connectivity index (χ2n) is 6.64. The highest BCUT2D eigenvalue weighted by Gasteiger charge is 2.52. The van der Waals surface area contributed by atoms with Crippen LogP contribution in [0.15, 0.2) is 33.6 Å². The molecule has 0 unspecified atom stereocenters. The van der Waals surface area contributed by atoms with Crippen molar-refractivity contribution in [2.75, 3.05) is 6.61 Å². The molecule has 2 rings (SSSR count). The number of ether oxygens (including phenoxy) is 5. The quantitative estimate of drug-likeness (QED) is 0.393. The third kappa shape index (κ3) is 7.82. The van der Waals surface area contributed by atoms with Gasteiger partial charge in [-0.3, -0.25) is 19.2 Å². The first-order valence-corrected chi connectivity index (χ1v) is 11.0. The van der Waals surface area contributed by atoms with Crippen molar-refractivity contribution >= 4 is 51.6 Å². The normalized spacial score (nSPS) is 25.3. The first-order valence-electron chi connectivity index (χ1n) is 9.29. The van der Waals surface area contributed by atoms with Crippen LogP contribution in [0.3, 0.4) is 0 Å². The van der Waals surface area contributed by atoms with E-state index in [9.17, 15) is 19.2 Å². The fraction of sp³-hybridized carbons (Fsp3) is 0.500. The summed E-state index contributed by atoms with van der Waals surface area (Å²) in [6.07, 6.45) is -4.38. The summed E-state index contributed by atoms with van der Waals surface area (Å²) in [7, 11) is 0. The Morgan fingerprint density at radius 2 is 1.35 bits per heavy atom. The average molecular weight is 519 g/mol. The standard InChI is InChI=1S/C20H23BrO9S/c1-10(22)26-9-16-17(27-11(2)23)18(28-12(3)24)19(29-13(4)25)20(30-16)31-15-7-5-14(21)6-8-15/h5-8,16-20H,9H2,1-4H3/t16-,17-,18+,19+,20-/m1/s1. The molecular weight excluding hydrogens is 496 g/mol. The molecule has 1 heterocycles. The molecule has 1 aliphatic rings. The molecule has 170 valence electrons. The zero-order valence-corrected chi connectivity index (χ0v) is 19.8. The molecule has 0 bridgehead atoms. The lowest BCUT2D eigenvalue weighted by molar-refractivity contribution is -0.237. The molecule has 31 heavy (non-hydrogen) atoms. The van der Waals surface area contributed by atoms with Crippen LogP contribution in [-0.4, -0.2) is 60.3 Å². The van der Waals surface area contributed by atoms with Gasteiger partial charge < -0.3 is 23.7 Å². The van der Waals surface area contributed by atoms with E-state index in [0.717, 1.165) is 9.37 Å². The zero-order chi connectivity index (χ0) is 23.1. The molecule has 0 radical (unpaired) electrons. The molecular formula is C20H23BrO9S. The van der Waals surface area contributed by atoms with Gasteiger partial charge in [0.2, 0.25) is 0 Å². The molecule has 1 saturated heterocycles. The maximum absolute atomic E-state index is 11.8. The zero-order valence-electron chi connectivity index (χ0n) is 17.4. The van der Waals surface area contributed by atoms with Crippen molar-refractivity contribution in [2.45, 2.75) is 62.4 Å². The van der Waals surface area contributed by atoms with E-state index in [1.807, 2.05) is 24.3 Å². The molecule has 5 atom stereocenters. The number of hydrogen-bond donors (Lipinski definition) is 0. The Balaban J connectivity index is 2.43. The van der Waals surface area contributed by atoms with Crippen molar-refractivity contribution in [3.8, 4) is 0 Å². The second kappa shape index (κ2) is 11.5. The van der Waals surface area contributed by atoms with Crippen LogP contribution < -0.4 is 0 Å². The van der Waals surface area contributed by atoms with Gasteiger partial charge in [0.05, 0.1) is 0 Å². The minimum atomic E-state index is -1.17. The molecule has 0 saturated carbocycles. The SMILES string of the molecule is CC(=O)OC[C@H]1O[C@H](Sc2ccc(Br)cc2)[C@@H](OC(C)=O)[C@@H](OC(C)=O)[C@@H]1OC(C)=O. The van der Waals surface area contributed by atoms with Crippen molar-refractivity contribution in [1.82, 2.24) is 0 Å². The van der Waals surface area contributed by atoms with Crippen molar-refractivity contribution < 1.29 is 42.9 Å². The highest BCUT2D eigenvalue weighted by Crippen LogP contribution is 2.37. The van der Waals surface area contributed by atoms with E-state index in [0.29, 0.717) is 0 Å². The molecule has 0 N–H and O–H groups in total. The predicted octanol–water partition coefficient (Wildman–Crippen LogP) is 2.62. The van der Waals surface area contributed by atoms with Gasteiger partial charge in [0.25, 0.3) is 0 Å². The molecule has 0 aromatic heterocycles. The van der Waals surface area contributed by atoms with Gasteiger partial charge in [-0.1, -0.05) is 27.7 Å². The van der Waals surface area contributed by atoms with Crippen molar-refractivity contribution in [3.05, 3.63) is 28.7 Å². The Morgan fingerprint density at radius 3 is 1.87 bits per heavy atom. The van der Waals surface area contributed by atoms with E-state index >= 15 is 0 Å². The van der Waals surface area contributed by atoms with Crippen molar-refractivity contribution in [1.29, 1.82) is 0 Å². The Hall–Kier alpha value is -2.11. The Labute approximate surface area is 192 Å². The van der Waals surface area contributed by atoms with Gasteiger partial charge in [0, 0.05) is 37.1 Å². The summed E-state index contributed by atoms with van der Waals surface area (Å²) in [5.74, 6) is -2.53. The smallest absolute Gasteiger partial charge is 0.303 e. The molecule has 1 fully saturated rings.